The zero-order valence-corrected chi connectivity index (χ0v) is 23.3. The largest absolute Gasteiger partial charge is 0.345 e. The minimum absolute atomic E-state index is 0.341. The van der Waals surface area contributed by atoms with Gasteiger partial charge in [0.25, 0.3) is 5.56 Å². The smallest absolute Gasteiger partial charge is 0.332 e. The summed E-state index contributed by atoms with van der Waals surface area (Å²) in [4.78, 5) is 35.1. The van der Waals surface area contributed by atoms with Crippen molar-refractivity contribution in [2.24, 2.45) is 14.1 Å². The molecule has 10 heteroatoms. The van der Waals surface area contributed by atoms with Crippen LogP contribution in [0.15, 0.2) is 52.1 Å². The molecular weight excluding hydrogens is 498 g/mol. The number of fused-ring (bicyclic) bond motifs is 1. The molecule has 0 aliphatic carbocycles. The molecule has 1 saturated heterocycles. The summed E-state index contributed by atoms with van der Waals surface area (Å²) in [6.45, 7) is 9.49. The summed E-state index contributed by atoms with van der Waals surface area (Å²) in [5.41, 5.74) is 5.74. The SMILES string of the molecule is Cc1cccc(Cn2c(N3CCN(C(=S)Nc4cccc(C)c4C)CC3)nc3c2c(=O)n(C)c(=O)n3C)c1. The highest BCUT2D eigenvalue weighted by atomic mass is 32.1. The van der Waals surface area contributed by atoms with Gasteiger partial charge in [-0.2, -0.15) is 4.98 Å². The fraction of sp³-hybridized carbons (Fsp3) is 0.357. The number of rotatable bonds is 4. The number of aromatic nitrogens is 4. The fourth-order valence-electron chi connectivity index (χ4n) is 5.01. The van der Waals surface area contributed by atoms with Gasteiger partial charge in [0.05, 0.1) is 6.54 Å². The van der Waals surface area contributed by atoms with Gasteiger partial charge >= 0.3 is 5.69 Å². The molecule has 2 aromatic heterocycles. The number of imidazole rings is 1. The van der Waals surface area contributed by atoms with Crippen molar-refractivity contribution in [2.45, 2.75) is 27.3 Å². The summed E-state index contributed by atoms with van der Waals surface area (Å²) in [6.07, 6.45) is 0. The first-order valence-electron chi connectivity index (χ1n) is 12.7. The van der Waals surface area contributed by atoms with Crippen LogP contribution in [0, 0.1) is 20.8 Å². The van der Waals surface area contributed by atoms with E-state index >= 15 is 0 Å². The Morgan fingerprint density at radius 2 is 1.68 bits per heavy atom. The van der Waals surface area contributed by atoms with Gasteiger partial charge in [0.2, 0.25) is 5.95 Å². The molecule has 1 aliphatic rings. The second kappa shape index (κ2) is 10.1. The molecule has 0 amide bonds. The Kier molecular flexibility index (Phi) is 6.83. The lowest BCUT2D eigenvalue weighted by Gasteiger charge is -2.37. The molecule has 0 unspecified atom stereocenters. The van der Waals surface area contributed by atoms with Crippen LogP contribution in [0.3, 0.4) is 0 Å². The predicted molar refractivity (Wildman–Crippen MR) is 156 cm³/mol. The molecule has 0 atom stereocenters. The molecule has 0 bridgehead atoms. The Labute approximate surface area is 226 Å². The van der Waals surface area contributed by atoms with Gasteiger partial charge in [0.15, 0.2) is 16.3 Å². The highest BCUT2D eigenvalue weighted by molar-refractivity contribution is 7.80. The van der Waals surface area contributed by atoms with Crippen LogP contribution < -0.4 is 21.5 Å². The van der Waals surface area contributed by atoms with E-state index in [1.807, 2.05) is 41.8 Å². The van der Waals surface area contributed by atoms with Crippen molar-refractivity contribution >= 4 is 40.1 Å². The Bertz CT molecular complexity index is 1660. The molecule has 9 nitrogen and oxygen atoms in total. The Balaban J connectivity index is 1.45. The second-order valence-electron chi connectivity index (χ2n) is 10.0. The molecule has 2 aromatic carbocycles. The van der Waals surface area contributed by atoms with E-state index in [0.717, 1.165) is 21.4 Å². The van der Waals surface area contributed by atoms with Crippen LogP contribution in [0.1, 0.15) is 22.3 Å². The molecule has 0 radical (unpaired) electrons. The second-order valence-corrected chi connectivity index (χ2v) is 10.4. The Hall–Kier alpha value is -3.92. The first kappa shape index (κ1) is 25.7. The number of nitrogens with one attached hydrogen (secondary N) is 1. The van der Waals surface area contributed by atoms with Crippen LogP contribution in [0.5, 0.6) is 0 Å². The minimum atomic E-state index is -0.387. The molecule has 4 aromatic rings. The number of anilines is 2. The quantitative estimate of drug-likeness (QED) is 0.406. The highest BCUT2D eigenvalue weighted by Gasteiger charge is 2.26. The van der Waals surface area contributed by atoms with Crippen LogP contribution in [0.4, 0.5) is 11.6 Å². The molecule has 1 fully saturated rings. The zero-order chi connectivity index (χ0) is 27.1. The van der Waals surface area contributed by atoms with Crippen molar-refractivity contribution in [2.75, 3.05) is 36.4 Å². The number of hydrogen-bond donors (Lipinski definition) is 1. The highest BCUT2D eigenvalue weighted by Crippen LogP contribution is 2.24. The van der Waals surface area contributed by atoms with Crippen molar-refractivity contribution in [3.05, 3.63) is 85.6 Å². The maximum absolute atomic E-state index is 13.3. The standard InChI is InChI=1S/C28H33N7O2S/c1-18-8-6-10-21(16-18)17-35-23-24(31(4)28(37)32(5)25(23)36)30-26(35)33-12-14-34(15-13-33)27(38)29-22-11-7-9-19(2)20(22)3/h6-11,16H,12-15,17H2,1-5H3,(H,29,38). The minimum Gasteiger partial charge on any atom is -0.345 e. The van der Waals surface area contributed by atoms with E-state index < -0.39 is 0 Å². The molecular formula is C28H33N7O2S. The number of aryl methyl sites for hydroxylation is 3. The summed E-state index contributed by atoms with van der Waals surface area (Å²) in [5.74, 6) is 0.688. The predicted octanol–water partition coefficient (Wildman–Crippen LogP) is 2.93. The van der Waals surface area contributed by atoms with Crippen molar-refractivity contribution < 1.29 is 0 Å². The van der Waals surface area contributed by atoms with Gasteiger partial charge in [-0.3, -0.25) is 18.5 Å². The lowest BCUT2D eigenvalue weighted by molar-refractivity contribution is 0.386. The van der Waals surface area contributed by atoms with Crippen molar-refractivity contribution in [3.8, 4) is 0 Å². The molecule has 38 heavy (non-hydrogen) atoms. The Morgan fingerprint density at radius 1 is 0.974 bits per heavy atom. The van der Waals surface area contributed by atoms with Crippen LogP contribution >= 0.6 is 12.2 Å². The van der Waals surface area contributed by atoms with Crippen LogP contribution in [0.2, 0.25) is 0 Å². The summed E-state index contributed by atoms with van der Waals surface area (Å²) < 4.78 is 4.55. The van der Waals surface area contributed by atoms with Crippen LogP contribution in [0.25, 0.3) is 11.2 Å². The van der Waals surface area contributed by atoms with Crippen molar-refractivity contribution in [1.29, 1.82) is 0 Å². The third-order valence-corrected chi connectivity index (χ3v) is 7.81. The normalized spacial score (nSPS) is 13.8. The van der Waals surface area contributed by atoms with Gasteiger partial charge in [0, 0.05) is 46.0 Å². The maximum atomic E-state index is 13.3. The maximum Gasteiger partial charge on any atom is 0.332 e. The van der Waals surface area contributed by atoms with E-state index in [2.05, 4.69) is 41.1 Å². The molecule has 3 heterocycles. The fourth-order valence-corrected chi connectivity index (χ4v) is 5.30. The first-order valence-corrected chi connectivity index (χ1v) is 13.2. The number of thiocarbonyl (C=S) groups is 1. The number of benzene rings is 2. The van der Waals surface area contributed by atoms with Gasteiger partial charge in [0.1, 0.15) is 0 Å². The summed E-state index contributed by atoms with van der Waals surface area (Å²) in [7, 11) is 3.17. The molecule has 1 aliphatic heterocycles. The molecule has 198 valence electrons. The summed E-state index contributed by atoms with van der Waals surface area (Å²) in [5, 5.41) is 4.11. The van der Waals surface area contributed by atoms with E-state index in [9.17, 15) is 9.59 Å². The van der Waals surface area contributed by atoms with E-state index in [-0.39, 0.29) is 11.2 Å². The van der Waals surface area contributed by atoms with E-state index in [0.29, 0.717) is 54.9 Å². The zero-order valence-electron chi connectivity index (χ0n) is 22.5. The van der Waals surface area contributed by atoms with Crippen molar-refractivity contribution in [3.63, 3.8) is 0 Å². The summed E-state index contributed by atoms with van der Waals surface area (Å²) in [6, 6.07) is 14.4. The average Bonchev–Trinajstić information content (AvgIpc) is 3.28. The Morgan fingerprint density at radius 3 is 2.39 bits per heavy atom. The third kappa shape index (κ3) is 4.60. The van der Waals surface area contributed by atoms with E-state index in [4.69, 9.17) is 17.2 Å². The molecule has 1 N–H and O–H groups in total. The van der Waals surface area contributed by atoms with Crippen LogP contribution in [-0.4, -0.2) is 54.9 Å². The molecule has 0 spiro atoms. The van der Waals surface area contributed by atoms with Gasteiger partial charge < -0.3 is 15.1 Å². The lowest BCUT2D eigenvalue weighted by atomic mass is 10.1. The number of hydrogen-bond acceptors (Lipinski definition) is 5. The topological polar surface area (TPSA) is 80.3 Å². The van der Waals surface area contributed by atoms with Gasteiger partial charge in [-0.15, -0.1) is 0 Å². The lowest BCUT2D eigenvalue weighted by Crippen LogP contribution is -2.50. The van der Waals surface area contributed by atoms with Crippen LogP contribution in [-0.2, 0) is 20.6 Å². The average molecular weight is 532 g/mol. The summed E-state index contributed by atoms with van der Waals surface area (Å²) >= 11 is 5.75. The third-order valence-electron chi connectivity index (χ3n) is 7.45. The first-order chi connectivity index (χ1) is 18.2. The molecule has 0 saturated carbocycles. The van der Waals surface area contributed by atoms with Gasteiger partial charge in [-0.05, 0) is 55.7 Å². The number of nitrogens with zero attached hydrogens (tertiary/aromatic N) is 6. The van der Waals surface area contributed by atoms with Gasteiger partial charge in [-0.25, -0.2) is 4.79 Å². The number of piperazine rings is 1. The van der Waals surface area contributed by atoms with E-state index in [1.165, 1.54) is 22.7 Å². The molecule has 5 rings (SSSR count). The van der Waals surface area contributed by atoms with Gasteiger partial charge in [-0.1, -0.05) is 42.0 Å². The van der Waals surface area contributed by atoms with E-state index in [1.54, 1.807) is 7.05 Å². The monoisotopic (exact) mass is 531 g/mol. The van der Waals surface area contributed by atoms with Crippen molar-refractivity contribution in [1.82, 2.24) is 23.6 Å².